The van der Waals surface area contributed by atoms with Crippen LogP contribution in [-0.4, -0.2) is 70.4 Å². The van der Waals surface area contributed by atoms with E-state index < -0.39 is 17.6 Å². The molecule has 2 fully saturated rings. The SMILES string of the molecule is CC(C)(C)OC(=O)N1CCC(Oc2cc(Cl)cc(NC(=O)CCc3ccc4c(c3)C(=O)N(C3CCC(=O)NC3=O)C4)c2)C1. The molecule has 0 radical (unpaired) electrons. The van der Waals surface area contributed by atoms with Crippen LogP contribution in [0.3, 0.4) is 0 Å². The highest BCUT2D eigenvalue weighted by atomic mass is 35.5. The van der Waals surface area contributed by atoms with Crippen LogP contribution in [0.1, 0.15) is 67.9 Å². The summed E-state index contributed by atoms with van der Waals surface area (Å²) in [5, 5.41) is 5.56. The van der Waals surface area contributed by atoms with Crippen molar-refractivity contribution in [3.63, 3.8) is 0 Å². The Morgan fingerprint density at radius 3 is 2.63 bits per heavy atom. The molecular weight excluding hydrogens is 576 g/mol. The number of amides is 5. The van der Waals surface area contributed by atoms with Crippen LogP contribution in [-0.2, 0) is 32.1 Å². The maximum Gasteiger partial charge on any atom is 0.410 e. The van der Waals surface area contributed by atoms with Crippen LogP contribution >= 0.6 is 11.6 Å². The Morgan fingerprint density at radius 2 is 1.88 bits per heavy atom. The number of halogens is 1. The van der Waals surface area contributed by atoms with Gasteiger partial charge in [0, 0.05) is 54.7 Å². The molecule has 228 valence electrons. The van der Waals surface area contributed by atoms with Gasteiger partial charge in [0.15, 0.2) is 0 Å². The van der Waals surface area contributed by atoms with E-state index >= 15 is 0 Å². The standard InChI is InChI=1S/C31H35ClN4O7/c1-31(2,3)43-30(41)35-11-10-22(17-35)42-23-14-20(32)13-21(15-23)33-26(37)8-5-18-4-6-19-16-36(29(40)24(19)12-18)25-7-9-27(38)34-28(25)39/h4,6,12-15,22,25H,5,7-11,16-17H2,1-3H3,(H,33,37)(H,34,38,39). The third-order valence-electron chi connectivity index (χ3n) is 7.49. The van der Waals surface area contributed by atoms with Crippen molar-refractivity contribution in [2.45, 2.75) is 77.2 Å². The van der Waals surface area contributed by atoms with Crippen LogP contribution in [0.2, 0.25) is 5.02 Å². The normalized spacial score (nSPS) is 20.1. The van der Waals surface area contributed by atoms with Crippen molar-refractivity contribution < 1.29 is 33.4 Å². The number of rotatable bonds is 7. The lowest BCUT2D eigenvalue weighted by Gasteiger charge is -2.29. The molecule has 5 amide bonds. The van der Waals surface area contributed by atoms with E-state index in [0.717, 1.165) is 11.1 Å². The number of carbonyl (C=O) groups is 5. The van der Waals surface area contributed by atoms with E-state index in [1.807, 2.05) is 32.9 Å². The minimum Gasteiger partial charge on any atom is -0.488 e. The summed E-state index contributed by atoms with van der Waals surface area (Å²) in [6, 6.07) is 9.80. The third kappa shape index (κ3) is 7.45. The van der Waals surface area contributed by atoms with Gasteiger partial charge in [-0.1, -0.05) is 23.7 Å². The number of nitrogens with one attached hydrogen (secondary N) is 2. The van der Waals surface area contributed by atoms with Crippen molar-refractivity contribution in [3.05, 3.63) is 58.1 Å². The second-order valence-corrected chi connectivity index (χ2v) is 12.5. The summed E-state index contributed by atoms with van der Waals surface area (Å²) in [7, 11) is 0. The number of hydrogen-bond acceptors (Lipinski definition) is 7. The van der Waals surface area contributed by atoms with E-state index in [9.17, 15) is 24.0 Å². The largest absolute Gasteiger partial charge is 0.488 e. The van der Waals surface area contributed by atoms with E-state index in [4.69, 9.17) is 21.1 Å². The molecule has 11 nitrogen and oxygen atoms in total. The van der Waals surface area contributed by atoms with Gasteiger partial charge in [-0.05, 0) is 62.9 Å². The predicted octanol–water partition coefficient (Wildman–Crippen LogP) is 4.06. The molecule has 12 heteroatoms. The van der Waals surface area contributed by atoms with Gasteiger partial charge in [-0.15, -0.1) is 0 Å². The van der Waals surface area contributed by atoms with Gasteiger partial charge in [-0.2, -0.15) is 0 Å². The Morgan fingerprint density at radius 1 is 1.09 bits per heavy atom. The Balaban J connectivity index is 1.14. The number of ether oxygens (including phenoxy) is 2. The fraction of sp³-hybridized carbons (Fsp3) is 0.452. The van der Waals surface area contributed by atoms with E-state index in [-0.39, 0.29) is 42.8 Å². The Hall–Kier alpha value is -4.12. The number of aryl methyl sites for hydroxylation is 1. The highest BCUT2D eigenvalue weighted by Crippen LogP contribution is 2.30. The molecule has 0 bridgehead atoms. The van der Waals surface area contributed by atoms with Crippen LogP contribution in [0.15, 0.2) is 36.4 Å². The average Bonchev–Trinajstić information content (AvgIpc) is 3.51. The van der Waals surface area contributed by atoms with Gasteiger partial charge in [0.25, 0.3) is 5.91 Å². The van der Waals surface area contributed by atoms with E-state index in [1.54, 1.807) is 29.2 Å². The molecule has 0 aromatic heterocycles. The van der Waals surface area contributed by atoms with E-state index in [1.165, 1.54) is 4.90 Å². The molecule has 2 unspecified atom stereocenters. The highest BCUT2D eigenvalue weighted by Gasteiger charge is 2.39. The molecule has 2 saturated heterocycles. The number of hydrogen-bond donors (Lipinski definition) is 2. The van der Waals surface area contributed by atoms with Gasteiger partial charge in [-0.25, -0.2) is 4.79 Å². The predicted molar refractivity (Wildman–Crippen MR) is 158 cm³/mol. The van der Waals surface area contributed by atoms with Crippen LogP contribution < -0.4 is 15.4 Å². The molecular formula is C31H35ClN4O7. The first-order valence-corrected chi connectivity index (χ1v) is 14.7. The van der Waals surface area contributed by atoms with Gasteiger partial charge in [0.2, 0.25) is 17.7 Å². The van der Waals surface area contributed by atoms with E-state index in [0.29, 0.717) is 60.9 Å². The molecule has 43 heavy (non-hydrogen) atoms. The molecule has 3 aliphatic heterocycles. The number of anilines is 1. The topological polar surface area (TPSA) is 134 Å². The summed E-state index contributed by atoms with van der Waals surface area (Å²) in [5.74, 6) is -0.778. The van der Waals surface area contributed by atoms with Crippen molar-refractivity contribution in [2.24, 2.45) is 0 Å². The Kier molecular flexibility index (Phi) is 8.64. The molecule has 3 heterocycles. The maximum atomic E-state index is 13.1. The number of nitrogens with zero attached hydrogens (tertiary/aromatic N) is 2. The Labute approximate surface area is 254 Å². The van der Waals surface area contributed by atoms with Gasteiger partial charge >= 0.3 is 6.09 Å². The molecule has 5 rings (SSSR count). The number of benzene rings is 2. The van der Waals surface area contributed by atoms with Crippen molar-refractivity contribution in [1.29, 1.82) is 0 Å². The summed E-state index contributed by atoms with van der Waals surface area (Å²) in [6.07, 6.45) is 1.10. The summed E-state index contributed by atoms with van der Waals surface area (Å²) in [6.45, 7) is 6.68. The van der Waals surface area contributed by atoms with Gasteiger partial charge in [0.05, 0.1) is 6.54 Å². The van der Waals surface area contributed by atoms with Gasteiger partial charge in [-0.3, -0.25) is 24.5 Å². The lowest BCUT2D eigenvalue weighted by molar-refractivity contribution is -0.137. The third-order valence-corrected chi connectivity index (χ3v) is 7.71. The summed E-state index contributed by atoms with van der Waals surface area (Å²) < 4.78 is 11.5. The average molecular weight is 611 g/mol. The first-order chi connectivity index (χ1) is 20.3. The van der Waals surface area contributed by atoms with Crippen molar-refractivity contribution in [1.82, 2.24) is 15.1 Å². The molecule has 2 aromatic carbocycles. The molecule has 2 N–H and O–H groups in total. The molecule has 2 atom stereocenters. The lowest BCUT2D eigenvalue weighted by Crippen LogP contribution is -2.52. The minimum atomic E-state index is -0.670. The quantitative estimate of drug-likeness (QED) is 0.452. The fourth-order valence-electron chi connectivity index (χ4n) is 5.45. The number of likely N-dealkylation sites (tertiary alicyclic amines) is 1. The van der Waals surface area contributed by atoms with Crippen molar-refractivity contribution in [3.8, 4) is 5.75 Å². The second kappa shape index (κ2) is 12.2. The second-order valence-electron chi connectivity index (χ2n) is 12.1. The fourth-order valence-corrected chi connectivity index (χ4v) is 5.68. The summed E-state index contributed by atoms with van der Waals surface area (Å²) in [5.41, 5.74) is 2.05. The molecule has 0 aliphatic carbocycles. The van der Waals surface area contributed by atoms with Crippen molar-refractivity contribution in [2.75, 3.05) is 18.4 Å². The first kappa shape index (κ1) is 30.3. The zero-order chi connectivity index (χ0) is 30.9. The highest BCUT2D eigenvalue weighted by molar-refractivity contribution is 6.31. The zero-order valence-corrected chi connectivity index (χ0v) is 25.2. The van der Waals surface area contributed by atoms with Gasteiger partial charge in [0.1, 0.15) is 23.5 Å². The van der Waals surface area contributed by atoms with E-state index in [2.05, 4.69) is 10.6 Å². The zero-order valence-electron chi connectivity index (χ0n) is 24.4. The van der Waals surface area contributed by atoms with Gasteiger partial charge < -0.3 is 24.6 Å². The van der Waals surface area contributed by atoms with Crippen LogP contribution in [0.4, 0.5) is 10.5 Å². The molecule has 0 saturated carbocycles. The van der Waals surface area contributed by atoms with Crippen molar-refractivity contribution >= 4 is 47.0 Å². The molecule has 3 aliphatic rings. The monoisotopic (exact) mass is 610 g/mol. The van der Waals surface area contributed by atoms with Crippen LogP contribution in [0.5, 0.6) is 5.75 Å². The Bertz CT molecular complexity index is 1470. The number of fused-ring (bicyclic) bond motifs is 1. The number of piperidine rings is 1. The number of imide groups is 1. The molecule has 0 spiro atoms. The van der Waals surface area contributed by atoms with Crippen LogP contribution in [0, 0.1) is 0 Å². The summed E-state index contributed by atoms with van der Waals surface area (Å²) >= 11 is 6.30. The number of carbonyl (C=O) groups excluding carboxylic acids is 5. The minimum absolute atomic E-state index is 0.167. The summed E-state index contributed by atoms with van der Waals surface area (Å²) in [4.78, 5) is 65.1. The molecule has 2 aromatic rings. The smallest absolute Gasteiger partial charge is 0.410 e. The first-order valence-electron chi connectivity index (χ1n) is 14.4. The lowest BCUT2D eigenvalue weighted by atomic mass is 10.0. The maximum absolute atomic E-state index is 13.1. The van der Waals surface area contributed by atoms with Crippen LogP contribution in [0.25, 0.3) is 0 Å².